The zero-order valence-corrected chi connectivity index (χ0v) is 12.4. The van der Waals surface area contributed by atoms with Crippen LogP contribution < -0.4 is 56.8 Å². The van der Waals surface area contributed by atoms with Crippen molar-refractivity contribution in [3.63, 3.8) is 0 Å². The van der Waals surface area contributed by atoms with Gasteiger partial charge in [0.25, 0.3) is 0 Å². The summed E-state index contributed by atoms with van der Waals surface area (Å²) < 4.78 is 41.9. The summed E-state index contributed by atoms with van der Waals surface area (Å²) in [6, 6.07) is 3.39. The van der Waals surface area contributed by atoms with E-state index in [2.05, 4.69) is 4.74 Å². The van der Waals surface area contributed by atoms with Crippen LogP contribution in [0.3, 0.4) is 0 Å². The van der Waals surface area contributed by atoms with Crippen LogP contribution in [0.2, 0.25) is 0 Å². The minimum absolute atomic E-state index is 0. The summed E-state index contributed by atoms with van der Waals surface area (Å²) in [5.74, 6) is -0.767. The summed E-state index contributed by atoms with van der Waals surface area (Å²) in [6.45, 7) is -3.74. The van der Waals surface area contributed by atoms with E-state index >= 15 is 0 Å². The molecule has 1 rings (SSSR count). The molecule has 0 N–H and O–H groups in total. The second-order valence-corrected chi connectivity index (χ2v) is 3.14. The molecule has 2 nitrogen and oxygen atoms in total. The molecule has 0 aromatic heterocycles. The molecule has 0 bridgehead atoms. The van der Waals surface area contributed by atoms with Gasteiger partial charge in [0.1, 0.15) is 0 Å². The second kappa shape index (κ2) is 6.21. The molecule has 16 heavy (non-hydrogen) atoms. The van der Waals surface area contributed by atoms with Gasteiger partial charge in [0.05, 0.1) is 12.7 Å². The number of benzene rings is 1. The number of carbonyl (C=O) groups is 1. The summed E-state index contributed by atoms with van der Waals surface area (Å²) in [7, 11) is 1.13. The van der Waals surface area contributed by atoms with Crippen LogP contribution in [0.1, 0.15) is 15.9 Å². The number of esters is 1. The van der Waals surface area contributed by atoms with Crippen LogP contribution in [0.5, 0.6) is 0 Å². The number of methoxy groups -OCH3 is 1. The third kappa shape index (κ3) is 3.89. The van der Waals surface area contributed by atoms with Gasteiger partial charge in [-0.05, 0) is 13.0 Å². The summed E-state index contributed by atoms with van der Waals surface area (Å²) in [5.41, 5.74) is -0.731. The van der Waals surface area contributed by atoms with Gasteiger partial charge in [-0.3, -0.25) is 0 Å². The molecule has 0 saturated carbocycles. The molecule has 0 atom stereocenters. The first-order chi connectivity index (χ1) is 6.86. The predicted octanol–water partition coefficient (Wildman–Crippen LogP) is -1.16. The van der Waals surface area contributed by atoms with Crippen LogP contribution in [0, 0.1) is 6.92 Å². The largest absolute Gasteiger partial charge is 1.00 e. The van der Waals surface area contributed by atoms with Crippen molar-refractivity contribution in [3.8, 4) is 0 Å². The first kappa shape index (κ1) is 16.2. The molecule has 0 aliphatic carbocycles. The average molecular weight is 256 g/mol. The Morgan fingerprint density at radius 3 is 2.31 bits per heavy atom. The normalized spacial score (nSPS) is 10.6. The molecular weight excluding hydrogens is 247 g/mol. The van der Waals surface area contributed by atoms with Gasteiger partial charge in [-0.1, -0.05) is 17.7 Å². The number of hydrogen-bond acceptors (Lipinski definition) is 2. The monoisotopic (exact) mass is 256 g/mol. The van der Waals surface area contributed by atoms with Gasteiger partial charge >= 0.3 is 64.3 Å². The van der Waals surface area contributed by atoms with E-state index in [-0.39, 0.29) is 62.5 Å². The van der Waals surface area contributed by atoms with Gasteiger partial charge in [-0.15, -0.1) is 5.46 Å². The van der Waals surface area contributed by atoms with E-state index in [4.69, 9.17) is 0 Å². The Morgan fingerprint density at radius 2 is 1.88 bits per heavy atom. The fourth-order valence-electron chi connectivity index (χ4n) is 1.24. The summed E-state index contributed by atoms with van der Waals surface area (Å²) >= 11 is 0. The zero-order chi connectivity index (χ0) is 11.6. The second-order valence-electron chi connectivity index (χ2n) is 3.14. The molecule has 0 spiro atoms. The molecule has 0 amide bonds. The van der Waals surface area contributed by atoms with Crippen molar-refractivity contribution in [2.45, 2.75) is 6.92 Å². The Hall–Kier alpha value is 0.181. The van der Waals surface area contributed by atoms with Crippen molar-refractivity contribution < 1.29 is 73.9 Å². The third-order valence-corrected chi connectivity index (χ3v) is 2.05. The van der Waals surface area contributed by atoms with Crippen LogP contribution in [0.4, 0.5) is 12.9 Å². The third-order valence-electron chi connectivity index (χ3n) is 2.05. The van der Waals surface area contributed by atoms with Crippen LogP contribution in [0.15, 0.2) is 18.2 Å². The Kier molecular flexibility index (Phi) is 6.28. The Bertz CT molecular complexity index is 393. The number of carbonyl (C=O) groups excluding carboxylic acids is 1. The quantitative estimate of drug-likeness (QED) is 0.493. The van der Waals surface area contributed by atoms with Gasteiger partial charge in [0.2, 0.25) is 0 Å². The molecule has 0 fully saturated rings. The number of halogens is 3. The fraction of sp³-hybridized carbons (Fsp3) is 0.222. The van der Waals surface area contributed by atoms with E-state index in [9.17, 15) is 17.7 Å². The standard InChI is InChI=1S/C9H9BF3O2.K/c1-6-3-4-7(9(14)15-2)5-8(6)10(11,12)13;/h3-5H,1-2H3;/q-1;+1. The number of ether oxygens (including phenoxy) is 1. The van der Waals surface area contributed by atoms with Crippen molar-refractivity contribution in [1.29, 1.82) is 0 Å². The average Bonchev–Trinajstić information content (AvgIpc) is 2.15. The molecule has 7 heteroatoms. The Labute approximate surface area is 134 Å². The fourth-order valence-corrected chi connectivity index (χ4v) is 1.24. The van der Waals surface area contributed by atoms with Gasteiger partial charge in [0.15, 0.2) is 0 Å². The smallest absolute Gasteiger partial charge is 0.465 e. The van der Waals surface area contributed by atoms with Crippen LogP contribution in [-0.4, -0.2) is 20.1 Å². The summed E-state index contributed by atoms with van der Waals surface area (Å²) in [5, 5.41) is 0. The van der Waals surface area contributed by atoms with Crippen molar-refractivity contribution >= 4 is 18.4 Å². The van der Waals surface area contributed by atoms with Crippen molar-refractivity contribution in [1.82, 2.24) is 0 Å². The van der Waals surface area contributed by atoms with E-state index in [1.54, 1.807) is 0 Å². The van der Waals surface area contributed by atoms with E-state index in [0.29, 0.717) is 0 Å². The zero-order valence-electron chi connectivity index (χ0n) is 9.26. The Balaban J connectivity index is 0.00000225. The molecule has 0 radical (unpaired) electrons. The molecule has 1 aromatic carbocycles. The summed E-state index contributed by atoms with van der Waals surface area (Å²) in [4.78, 5) is 11.0. The number of rotatable bonds is 2. The molecule has 0 saturated heterocycles. The van der Waals surface area contributed by atoms with E-state index in [0.717, 1.165) is 13.2 Å². The van der Waals surface area contributed by atoms with Gasteiger partial charge in [-0.2, -0.15) is 0 Å². The van der Waals surface area contributed by atoms with E-state index in [1.165, 1.54) is 19.1 Å². The van der Waals surface area contributed by atoms with Crippen molar-refractivity contribution in [2.75, 3.05) is 7.11 Å². The molecular formula is C9H9BF3KO2. The first-order valence-electron chi connectivity index (χ1n) is 4.25. The van der Waals surface area contributed by atoms with Crippen LogP contribution in [0.25, 0.3) is 0 Å². The summed E-state index contributed by atoms with van der Waals surface area (Å²) in [6.07, 6.45) is 0. The maximum atomic E-state index is 12.5. The van der Waals surface area contributed by atoms with Crippen molar-refractivity contribution in [2.24, 2.45) is 0 Å². The topological polar surface area (TPSA) is 26.3 Å². The molecule has 1 aromatic rings. The van der Waals surface area contributed by atoms with Gasteiger partial charge in [0, 0.05) is 0 Å². The van der Waals surface area contributed by atoms with E-state index in [1.807, 2.05) is 0 Å². The van der Waals surface area contributed by atoms with Gasteiger partial charge in [-0.25, -0.2) is 4.79 Å². The Morgan fingerprint density at radius 1 is 1.31 bits per heavy atom. The van der Waals surface area contributed by atoms with Crippen LogP contribution >= 0.6 is 0 Å². The first-order valence-corrected chi connectivity index (χ1v) is 4.25. The SMILES string of the molecule is COC(=O)c1ccc(C)c([B-](F)(F)F)c1.[K+]. The number of hydrogen-bond donors (Lipinski definition) is 0. The van der Waals surface area contributed by atoms with E-state index < -0.39 is 18.4 Å². The minimum Gasteiger partial charge on any atom is -0.465 e. The van der Waals surface area contributed by atoms with Crippen molar-refractivity contribution in [3.05, 3.63) is 29.3 Å². The maximum Gasteiger partial charge on any atom is 1.00 e. The molecule has 0 unspecified atom stereocenters. The molecule has 82 valence electrons. The predicted molar refractivity (Wildman–Crippen MR) is 51.2 cm³/mol. The molecule has 0 aliphatic rings. The molecule has 0 aliphatic heterocycles. The molecule has 0 heterocycles. The number of aryl methyl sites for hydroxylation is 1. The maximum absolute atomic E-state index is 12.5. The minimum atomic E-state index is -5.09. The van der Waals surface area contributed by atoms with Crippen LogP contribution in [-0.2, 0) is 4.74 Å². The van der Waals surface area contributed by atoms with Gasteiger partial charge < -0.3 is 17.7 Å².